The third-order valence-electron chi connectivity index (χ3n) is 2.69. The molecule has 1 unspecified atom stereocenters. The van der Waals surface area contributed by atoms with Gasteiger partial charge in [0.15, 0.2) is 0 Å². The Bertz CT molecular complexity index is 427. The summed E-state index contributed by atoms with van der Waals surface area (Å²) >= 11 is 1.77. The third-order valence-corrected chi connectivity index (χ3v) is 3.67. The fourth-order valence-electron chi connectivity index (χ4n) is 1.75. The fraction of sp³-hybridized carbons (Fsp3) is 0.333. The third kappa shape index (κ3) is 3.86. The van der Waals surface area contributed by atoms with Gasteiger partial charge in [-0.2, -0.15) is 0 Å². The van der Waals surface area contributed by atoms with Crippen LogP contribution in [-0.4, -0.2) is 13.2 Å². The van der Waals surface area contributed by atoms with Crippen molar-refractivity contribution >= 4 is 11.3 Å². The average molecular weight is 261 g/mol. The highest BCUT2D eigenvalue weighted by Gasteiger charge is 2.12. The van der Waals surface area contributed by atoms with E-state index in [-0.39, 0.29) is 6.04 Å². The first kappa shape index (κ1) is 13.1. The molecule has 0 radical (unpaired) electrons. The number of para-hydroxylation sites is 1. The molecule has 96 valence electrons. The number of rotatable bonds is 7. The molecule has 0 bridgehead atoms. The molecule has 2 rings (SSSR count). The molecule has 2 aromatic rings. The number of hydrogen-bond acceptors (Lipinski definition) is 3. The van der Waals surface area contributed by atoms with Crippen molar-refractivity contribution in [2.24, 2.45) is 0 Å². The van der Waals surface area contributed by atoms with Crippen LogP contribution in [0.3, 0.4) is 0 Å². The second-order valence-corrected chi connectivity index (χ2v) is 5.13. The smallest absolute Gasteiger partial charge is 0.119 e. The maximum Gasteiger partial charge on any atom is 0.119 e. The molecule has 0 saturated heterocycles. The number of hydrogen-bond donors (Lipinski definition) is 1. The lowest BCUT2D eigenvalue weighted by atomic mass is 10.2. The van der Waals surface area contributed by atoms with E-state index in [4.69, 9.17) is 4.74 Å². The first-order valence-corrected chi connectivity index (χ1v) is 7.22. The van der Waals surface area contributed by atoms with Gasteiger partial charge in [-0.05, 0) is 36.5 Å². The largest absolute Gasteiger partial charge is 0.492 e. The van der Waals surface area contributed by atoms with Crippen molar-refractivity contribution in [2.45, 2.75) is 19.4 Å². The maximum absolute atomic E-state index is 5.83. The van der Waals surface area contributed by atoms with Crippen LogP contribution in [0.2, 0.25) is 0 Å². The SMILES string of the molecule is CCCNC(COc1ccccc1)c1cccs1. The minimum atomic E-state index is 0.283. The van der Waals surface area contributed by atoms with E-state index >= 15 is 0 Å². The molecule has 0 aliphatic carbocycles. The van der Waals surface area contributed by atoms with E-state index in [0.717, 1.165) is 18.7 Å². The van der Waals surface area contributed by atoms with Gasteiger partial charge in [-0.1, -0.05) is 31.2 Å². The molecule has 2 nitrogen and oxygen atoms in total. The van der Waals surface area contributed by atoms with Gasteiger partial charge >= 0.3 is 0 Å². The summed E-state index contributed by atoms with van der Waals surface area (Å²) in [5.74, 6) is 0.928. The van der Waals surface area contributed by atoms with E-state index in [1.54, 1.807) is 11.3 Å². The highest BCUT2D eigenvalue weighted by Crippen LogP contribution is 2.20. The van der Waals surface area contributed by atoms with E-state index in [1.165, 1.54) is 4.88 Å². The lowest BCUT2D eigenvalue weighted by Gasteiger charge is -2.17. The van der Waals surface area contributed by atoms with E-state index < -0.39 is 0 Å². The summed E-state index contributed by atoms with van der Waals surface area (Å²) in [5.41, 5.74) is 0. The first-order chi connectivity index (χ1) is 8.90. The summed E-state index contributed by atoms with van der Waals surface area (Å²) in [6.07, 6.45) is 1.13. The topological polar surface area (TPSA) is 21.3 Å². The standard InChI is InChI=1S/C15H19NOS/c1-2-10-16-14(15-9-6-11-18-15)12-17-13-7-4-3-5-8-13/h3-9,11,14,16H,2,10,12H2,1H3. The van der Waals surface area contributed by atoms with Gasteiger partial charge in [0.05, 0.1) is 6.04 Å². The van der Waals surface area contributed by atoms with E-state index in [1.807, 2.05) is 30.3 Å². The van der Waals surface area contributed by atoms with Crippen molar-refractivity contribution in [3.8, 4) is 5.75 Å². The summed E-state index contributed by atoms with van der Waals surface area (Å²) < 4.78 is 5.83. The minimum absolute atomic E-state index is 0.283. The fourth-order valence-corrected chi connectivity index (χ4v) is 2.53. The Kier molecular flexibility index (Phi) is 5.24. The lowest BCUT2D eigenvalue weighted by Crippen LogP contribution is -2.26. The molecule has 1 N–H and O–H groups in total. The van der Waals surface area contributed by atoms with Crippen molar-refractivity contribution < 1.29 is 4.74 Å². The maximum atomic E-state index is 5.83. The summed E-state index contributed by atoms with van der Waals surface area (Å²) in [4.78, 5) is 1.33. The van der Waals surface area contributed by atoms with E-state index in [9.17, 15) is 0 Å². The predicted octanol–water partition coefficient (Wildman–Crippen LogP) is 3.87. The normalized spacial score (nSPS) is 12.3. The van der Waals surface area contributed by atoms with E-state index in [0.29, 0.717) is 6.61 Å². The van der Waals surface area contributed by atoms with Crippen molar-refractivity contribution in [1.82, 2.24) is 5.32 Å². The van der Waals surface area contributed by atoms with Crippen LogP contribution in [0.4, 0.5) is 0 Å². The first-order valence-electron chi connectivity index (χ1n) is 6.34. The number of benzene rings is 1. The van der Waals surface area contributed by atoms with Gasteiger partial charge < -0.3 is 10.1 Å². The van der Waals surface area contributed by atoms with Gasteiger partial charge in [-0.3, -0.25) is 0 Å². The van der Waals surface area contributed by atoms with Crippen molar-refractivity contribution in [3.05, 3.63) is 52.7 Å². The van der Waals surface area contributed by atoms with Crippen molar-refractivity contribution in [2.75, 3.05) is 13.2 Å². The summed E-state index contributed by atoms with van der Waals surface area (Å²) in [6.45, 7) is 3.86. The molecule has 1 heterocycles. The Morgan fingerprint density at radius 1 is 1.17 bits per heavy atom. The molecule has 0 spiro atoms. The Labute approximate surface area is 113 Å². The zero-order chi connectivity index (χ0) is 12.6. The molecule has 1 aromatic heterocycles. The van der Waals surface area contributed by atoms with Gasteiger partial charge in [0, 0.05) is 4.88 Å². The van der Waals surface area contributed by atoms with Crippen LogP contribution in [0.1, 0.15) is 24.3 Å². The molecule has 0 aliphatic rings. The molecule has 0 aliphatic heterocycles. The molecular formula is C15H19NOS. The van der Waals surface area contributed by atoms with Gasteiger partial charge in [0.1, 0.15) is 12.4 Å². The van der Waals surface area contributed by atoms with Crippen LogP contribution in [0.5, 0.6) is 5.75 Å². The molecule has 0 amide bonds. The van der Waals surface area contributed by atoms with Crippen LogP contribution in [0, 0.1) is 0 Å². The molecule has 1 atom stereocenters. The number of ether oxygens (including phenoxy) is 1. The average Bonchev–Trinajstić information content (AvgIpc) is 2.94. The zero-order valence-corrected chi connectivity index (χ0v) is 11.5. The summed E-state index contributed by atoms with van der Waals surface area (Å²) in [7, 11) is 0. The van der Waals surface area contributed by atoms with Gasteiger partial charge in [0.2, 0.25) is 0 Å². The van der Waals surface area contributed by atoms with Crippen LogP contribution in [-0.2, 0) is 0 Å². The predicted molar refractivity (Wildman–Crippen MR) is 77.3 cm³/mol. The second-order valence-electron chi connectivity index (χ2n) is 4.15. The van der Waals surface area contributed by atoms with Crippen molar-refractivity contribution in [1.29, 1.82) is 0 Å². The molecule has 3 heteroatoms. The Hall–Kier alpha value is -1.32. The minimum Gasteiger partial charge on any atom is -0.492 e. The number of nitrogens with one attached hydrogen (secondary N) is 1. The molecule has 0 fully saturated rings. The van der Waals surface area contributed by atoms with Crippen LogP contribution in [0.25, 0.3) is 0 Å². The van der Waals surface area contributed by atoms with E-state index in [2.05, 4.69) is 29.8 Å². The lowest BCUT2D eigenvalue weighted by molar-refractivity contribution is 0.268. The highest BCUT2D eigenvalue weighted by molar-refractivity contribution is 7.10. The Morgan fingerprint density at radius 3 is 2.67 bits per heavy atom. The number of thiophene rings is 1. The highest BCUT2D eigenvalue weighted by atomic mass is 32.1. The van der Waals surface area contributed by atoms with Gasteiger partial charge in [-0.15, -0.1) is 11.3 Å². The molecule has 0 saturated carbocycles. The monoisotopic (exact) mass is 261 g/mol. The van der Waals surface area contributed by atoms with Crippen LogP contribution >= 0.6 is 11.3 Å². The Balaban J connectivity index is 1.93. The zero-order valence-electron chi connectivity index (χ0n) is 10.6. The Morgan fingerprint density at radius 2 is 2.00 bits per heavy atom. The second kappa shape index (κ2) is 7.19. The quantitative estimate of drug-likeness (QED) is 0.817. The molecule has 1 aromatic carbocycles. The van der Waals surface area contributed by atoms with Gasteiger partial charge in [0.25, 0.3) is 0 Å². The summed E-state index contributed by atoms with van der Waals surface area (Å²) in [5, 5.41) is 5.64. The summed E-state index contributed by atoms with van der Waals surface area (Å²) in [6, 6.07) is 14.5. The molecular weight excluding hydrogens is 242 g/mol. The van der Waals surface area contributed by atoms with Gasteiger partial charge in [-0.25, -0.2) is 0 Å². The van der Waals surface area contributed by atoms with Crippen molar-refractivity contribution in [3.63, 3.8) is 0 Å². The van der Waals surface area contributed by atoms with Crippen LogP contribution in [0.15, 0.2) is 47.8 Å². The molecule has 18 heavy (non-hydrogen) atoms. The van der Waals surface area contributed by atoms with Crippen LogP contribution < -0.4 is 10.1 Å².